The number of nitrogens with zero attached hydrogens (tertiary/aromatic N) is 1. The molecule has 0 aromatic carbocycles. The Morgan fingerprint density at radius 1 is 1.56 bits per heavy atom. The van der Waals surface area contributed by atoms with Crippen molar-refractivity contribution in [3.63, 3.8) is 0 Å². The molecule has 2 atom stereocenters. The minimum Gasteiger partial charge on any atom is -0.377 e. The van der Waals surface area contributed by atoms with E-state index < -0.39 is 10.0 Å². The van der Waals surface area contributed by atoms with Crippen LogP contribution in [0.2, 0.25) is 0 Å². The topological polar surface area (TPSA) is 63.7 Å². The summed E-state index contributed by atoms with van der Waals surface area (Å²) >= 11 is 0. The van der Waals surface area contributed by atoms with Crippen LogP contribution in [-0.4, -0.2) is 43.0 Å². The van der Waals surface area contributed by atoms with E-state index >= 15 is 0 Å². The molecule has 90 valence electrons. The van der Waals surface area contributed by atoms with Gasteiger partial charge in [0.15, 0.2) is 5.78 Å². The molecule has 2 unspecified atom stereocenters. The van der Waals surface area contributed by atoms with Gasteiger partial charge in [0.05, 0.1) is 17.9 Å². The first-order chi connectivity index (χ1) is 7.53. The van der Waals surface area contributed by atoms with E-state index in [2.05, 4.69) is 0 Å². The third kappa shape index (κ3) is 2.12. The monoisotopic (exact) mass is 245 g/mol. The molecule has 0 bridgehead atoms. The van der Waals surface area contributed by atoms with Gasteiger partial charge in [-0.05, 0) is 19.4 Å². The van der Waals surface area contributed by atoms with Gasteiger partial charge in [0.1, 0.15) is 0 Å². The van der Waals surface area contributed by atoms with Crippen molar-refractivity contribution >= 4 is 15.8 Å². The summed E-state index contributed by atoms with van der Waals surface area (Å²) in [7, 11) is -3.31. The molecule has 0 amide bonds. The molecule has 5 nitrogen and oxygen atoms in total. The second-order valence-electron chi connectivity index (χ2n) is 4.06. The molecule has 2 aliphatic rings. The quantitative estimate of drug-likeness (QED) is 0.701. The van der Waals surface area contributed by atoms with E-state index in [1.165, 1.54) is 16.6 Å². The zero-order chi connectivity index (χ0) is 11.8. The van der Waals surface area contributed by atoms with E-state index in [-0.39, 0.29) is 30.1 Å². The largest absolute Gasteiger partial charge is 0.377 e. The van der Waals surface area contributed by atoms with Gasteiger partial charge < -0.3 is 4.74 Å². The van der Waals surface area contributed by atoms with E-state index in [9.17, 15) is 13.2 Å². The number of hydrogen-bond donors (Lipinski definition) is 0. The Labute approximate surface area is 95.1 Å². The summed E-state index contributed by atoms with van der Waals surface area (Å²) in [6.07, 6.45) is 3.29. The number of sulfonamides is 1. The summed E-state index contributed by atoms with van der Waals surface area (Å²) in [5.41, 5.74) is 0. The second-order valence-corrected chi connectivity index (χ2v) is 5.98. The number of ether oxygens (including phenoxy) is 1. The highest BCUT2D eigenvalue weighted by molar-refractivity contribution is 7.89. The normalized spacial score (nSPS) is 32.6. The Kier molecular flexibility index (Phi) is 3.03. The number of ketones is 1. The van der Waals surface area contributed by atoms with Crippen LogP contribution in [0.3, 0.4) is 0 Å². The summed E-state index contributed by atoms with van der Waals surface area (Å²) in [6, 6.07) is -0.257. The lowest BCUT2D eigenvalue weighted by Gasteiger charge is -2.39. The van der Waals surface area contributed by atoms with E-state index in [0.29, 0.717) is 13.0 Å². The maximum atomic E-state index is 11.9. The first-order valence-corrected chi connectivity index (χ1v) is 6.97. The van der Waals surface area contributed by atoms with Crippen molar-refractivity contribution in [3.8, 4) is 0 Å². The molecule has 0 aliphatic carbocycles. The Morgan fingerprint density at radius 2 is 2.31 bits per heavy atom. The molecular formula is C10H15NO4S. The lowest BCUT2D eigenvalue weighted by molar-refractivity contribution is -0.116. The first kappa shape index (κ1) is 11.6. The average Bonchev–Trinajstić information content (AvgIpc) is 2.15. The third-order valence-electron chi connectivity index (χ3n) is 2.86. The van der Waals surface area contributed by atoms with Crippen LogP contribution in [0.1, 0.15) is 19.8 Å². The van der Waals surface area contributed by atoms with E-state index in [4.69, 9.17) is 4.74 Å². The predicted octanol–water partition coefficient (Wildman–Crippen LogP) is 0.282. The fourth-order valence-corrected chi connectivity index (χ4v) is 3.96. The molecule has 0 aromatic heterocycles. The summed E-state index contributed by atoms with van der Waals surface area (Å²) in [4.78, 5) is 11.2. The minimum absolute atomic E-state index is 0.00979. The molecule has 0 radical (unpaired) electrons. The zero-order valence-corrected chi connectivity index (χ0v) is 9.94. The SMILES string of the molecule is CCOC1CC2CC(=O)C=CN2S(=O)(=O)C1. The first-order valence-electron chi connectivity index (χ1n) is 5.37. The Morgan fingerprint density at radius 3 is 3.00 bits per heavy atom. The zero-order valence-electron chi connectivity index (χ0n) is 9.13. The van der Waals surface area contributed by atoms with Gasteiger partial charge >= 0.3 is 0 Å². The minimum atomic E-state index is -3.31. The highest BCUT2D eigenvalue weighted by atomic mass is 32.2. The number of carbonyl (C=O) groups is 1. The van der Waals surface area contributed by atoms with Crippen molar-refractivity contribution < 1.29 is 17.9 Å². The van der Waals surface area contributed by atoms with Gasteiger partial charge in [-0.3, -0.25) is 9.10 Å². The van der Waals surface area contributed by atoms with Crippen LogP contribution in [0.15, 0.2) is 12.3 Å². The van der Waals surface area contributed by atoms with Crippen molar-refractivity contribution in [2.45, 2.75) is 31.9 Å². The standard InChI is InChI=1S/C10H15NO4S/c1-2-15-10-6-8-5-9(12)3-4-11(8)16(13,14)7-10/h3-4,8,10H,2,5-7H2,1H3. The molecule has 16 heavy (non-hydrogen) atoms. The molecule has 1 saturated heterocycles. The Balaban J connectivity index is 2.22. The fraction of sp³-hybridized carbons (Fsp3) is 0.700. The van der Waals surface area contributed by atoms with Gasteiger partial charge in [0, 0.05) is 19.2 Å². The second kappa shape index (κ2) is 4.18. The van der Waals surface area contributed by atoms with E-state index in [1.807, 2.05) is 6.92 Å². The van der Waals surface area contributed by atoms with Crippen LogP contribution in [0.25, 0.3) is 0 Å². The molecule has 6 heteroatoms. The molecule has 0 spiro atoms. The van der Waals surface area contributed by atoms with Gasteiger partial charge in [0.2, 0.25) is 10.0 Å². The van der Waals surface area contributed by atoms with Crippen LogP contribution in [0.5, 0.6) is 0 Å². The van der Waals surface area contributed by atoms with Gasteiger partial charge in [-0.15, -0.1) is 0 Å². The van der Waals surface area contributed by atoms with Crippen LogP contribution in [0.4, 0.5) is 0 Å². The third-order valence-corrected chi connectivity index (χ3v) is 4.71. The molecule has 0 aromatic rings. The van der Waals surface area contributed by atoms with Crippen LogP contribution < -0.4 is 0 Å². The average molecular weight is 245 g/mol. The smallest absolute Gasteiger partial charge is 0.237 e. The maximum Gasteiger partial charge on any atom is 0.237 e. The van der Waals surface area contributed by atoms with Crippen LogP contribution in [-0.2, 0) is 19.6 Å². The Hall–Kier alpha value is -0.880. The van der Waals surface area contributed by atoms with Crippen molar-refractivity contribution in [3.05, 3.63) is 12.3 Å². The van der Waals surface area contributed by atoms with Gasteiger partial charge in [-0.2, -0.15) is 0 Å². The molecule has 0 N–H and O–H groups in total. The highest BCUT2D eigenvalue weighted by Gasteiger charge is 2.39. The molecule has 2 heterocycles. The van der Waals surface area contributed by atoms with Crippen LogP contribution >= 0.6 is 0 Å². The molecule has 2 aliphatic heterocycles. The van der Waals surface area contributed by atoms with Crippen LogP contribution in [0, 0.1) is 0 Å². The lowest BCUT2D eigenvalue weighted by Crippen LogP contribution is -2.50. The molecule has 2 rings (SSSR count). The highest BCUT2D eigenvalue weighted by Crippen LogP contribution is 2.28. The van der Waals surface area contributed by atoms with Crippen molar-refractivity contribution in [1.29, 1.82) is 0 Å². The van der Waals surface area contributed by atoms with Gasteiger partial charge in [-0.25, -0.2) is 8.42 Å². The van der Waals surface area contributed by atoms with E-state index in [0.717, 1.165) is 0 Å². The molecular weight excluding hydrogens is 230 g/mol. The fourth-order valence-electron chi connectivity index (χ4n) is 2.22. The summed E-state index contributed by atoms with van der Waals surface area (Å²) in [6.45, 7) is 2.33. The number of allylic oxidation sites excluding steroid dienone is 1. The number of hydrogen-bond acceptors (Lipinski definition) is 4. The summed E-state index contributed by atoms with van der Waals surface area (Å²) in [5.74, 6) is -0.0100. The van der Waals surface area contributed by atoms with Gasteiger partial charge in [-0.1, -0.05) is 0 Å². The maximum absolute atomic E-state index is 11.9. The van der Waals surface area contributed by atoms with Gasteiger partial charge in [0.25, 0.3) is 0 Å². The number of rotatable bonds is 2. The summed E-state index contributed by atoms with van der Waals surface area (Å²) < 4.78 is 30.5. The summed E-state index contributed by atoms with van der Waals surface area (Å²) in [5, 5.41) is 0. The molecule has 0 saturated carbocycles. The number of carbonyl (C=O) groups excluding carboxylic acids is 1. The van der Waals surface area contributed by atoms with Crippen molar-refractivity contribution in [2.24, 2.45) is 0 Å². The van der Waals surface area contributed by atoms with Crippen molar-refractivity contribution in [2.75, 3.05) is 12.4 Å². The Bertz CT molecular complexity index is 415. The predicted molar refractivity (Wildman–Crippen MR) is 58.2 cm³/mol. The molecule has 1 fully saturated rings. The lowest BCUT2D eigenvalue weighted by atomic mass is 10.0. The van der Waals surface area contributed by atoms with E-state index in [1.54, 1.807) is 0 Å². The van der Waals surface area contributed by atoms with Crippen molar-refractivity contribution in [1.82, 2.24) is 4.31 Å². The number of fused-ring (bicyclic) bond motifs is 1.